The molecule has 0 fully saturated rings. The van der Waals surface area contributed by atoms with Crippen molar-refractivity contribution in [2.75, 3.05) is 7.11 Å². The number of ether oxygens (including phenoxy) is 1. The smallest absolute Gasteiger partial charge is 0.318 e. The average molecular weight is 216 g/mol. The van der Waals surface area contributed by atoms with E-state index in [1.807, 2.05) is 37.3 Å². The van der Waals surface area contributed by atoms with E-state index in [1.165, 1.54) is 7.11 Å². The molecular weight excluding hydrogens is 204 g/mol. The van der Waals surface area contributed by atoms with Gasteiger partial charge in [-0.3, -0.25) is 9.36 Å². The fraction of sp³-hybridized carbons (Fsp3) is 0.167. The van der Waals surface area contributed by atoms with E-state index in [-0.39, 0.29) is 11.4 Å². The van der Waals surface area contributed by atoms with Crippen molar-refractivity contribution >= 4 is 0 Å². The Labute approximate surface area is 93.1 Å². The van der Waals surface area contributed by atoms with Gasteiger partial charge in [0.1, 0.15) is 0 Å². The highest BCUT2D eigenvalue weighted by Gasteiger charge is 2.08. The van der Waals surface area contributed by atoms with Gasteiger partial charge in [0.05, 0.1) is 13.3 Å². The van der Waals surface area contributed by atoms with E-state index >= 15 is 0 Å². The molecule has 2 rings (SSSR count). The summed E-state index contributed by atoms with van der Waals surface area (Å²) in [6.07, 6.45) is 1.62. The van der Waals surface area contributed by atoms with Crippen LogP contribution in [-0.4, -0.2) is 16.7 Å². The molecule has 0 unspecified atom stereocenters. The molecule has 0 saturated heterocycles. The predicted octanol–water partition coefficient (Wildman–Crippen LogP) is 1.55. The zero-order valence-electron chi connectivity index (χ0n) is 9.18. The van der Waals surface area contributed by atoms with Crippen molar-refractivity contribution in [3.05, 3.63) is 52.6 Å². The lowest BCUT2D eigenvalue weighted by Gasteiger charge is -2.10. The van der Waals surface area contributed by atoms with Crippen LogP contribution in [0.1, 0.15) is 5.69 Å². The van der Waals surface area contributed by atoms with Gasteiger partial charge >= 0.3 is 5.56 Å². The molecule has 0 bridgehead atoms. The fourth-order valence-corrected chi connectivity index (χ4v) is 1.56. The third-order valence-corrected chi connectivity index (χ3v) is 2.32. The van der Waals surface area contributed by atoms with Crippen LogP contribution in [0.25, 0.3) is 5.69 Å². The van der Waals surface area contributed by atoms with Gasteiger partial charge in [-0.25, -0.2) is 4.98 Å². The second-order valence-corrected chi connectivity index (χ2v) is 3.38. The summed E-state index contributed by atoms with van der Waals surface area (Å²) in [6.45, 7) is 1.83. The van der Waals surface area contributed by atoms with Crippen LogP contribution in [0, 0.1) is 6.92 Å². The predicted molar refractivity (Wildman–Crippen MR) is 61.1 cm³/mol. The summed E-state index contributed by atoms with van der Waals surface area (Å²) in [5, 5.41) is 0. The average Bonchev–Trinajstić information content (AvgIpc) is 2.31. The van der Waals surface area contributed by atoms with E-state index in [1.54, 1.807) is 10.8 Å². The first-order valence-corrected chi connectivity index (χ1v) is 4.92. The highest BCUT2D eigenvalue weighted by atomic mass is 16.5. The number of aromatic nitrogens is 2. The zero-order valence-corrected chi connectivity index (χ0v) is 9.18. The van der Waals surface area contributed by atoms with E-state index in [0.717, 1.165) is 11.4 Å². The van der Waals surface area contributed by atoms with E-state index in [9.17, 15) is 4.79 Å². The van der Waals surface area contributed by atoms with Crippen LogP contribution in [0.15, 0.2) is 41.3 Å². The van der Waals surface area contributed by atoms with Crippen molar-refractivity contribution < 1.29 is 4.74 Å². The number of hydrogen-bond donors (Lipinski definition) is 0. The lowest BCUT2D eigenvalue weighted by Crippen LogP contribution is -2.22. The number of benzene rings is 1. The lowest BCUT2D eigenvalue weighted by molar-refractivity contribution is 0.388. The number of nitrogens with zero attached hydrogens (tertiary/aromatic N) is 2. The van der Waals surface area contributed by atoms with Gasteiger partial charge in [0.15, 0.2) is 0 Å². The molecular formula is C12H12N2O2. The van der Waals surface area contributed by atoms with Gasteiger partial charge in [0.25, 0.3) is 5.88 Å². The molecule has 16 heavy (non-hydrogen) atoms. The number of methoxy groups -OCH3 is 1. The first kappa shape index (κ1) is 10.4. The van der Waals surface area contributed by atoms with Crippen LogP contribution >= 0.6 is 0 Å². The monoisotopic (exact) mass is 216 g/mol. The topological polar surface area (TPSA) is 44.1 Å². The Morgan fingerprint density at radius 1 is 1.25 bits per heavy atom. The Kier molecular flexibility index (Phi) is 2.72. The highest BCUT2D eigenvalue weighted by molar-refractivity contribution is 5.34. The lowest BCUT2D eigenvalue weighted by atomic mass is 10.3. The molecule has 0 aliphatic rings. The summed E-state index contributed by atoms with van der Waals surface area (Å²) >= 11 is 0. The Balaban J connectivity index is 2.70. The summed E-state index contributed by atoms with van der Waals surface area (Å²) in [5.41, 5.74) is 1.34. The third-order valence-electron chi connectivity index (χ3n) is 2.32. The molecule has 2 aromatic rings. The Bertz CT molecular complexity index is 547. The molecule has 0 aliphatic carbocycles. The molecule has 0 atom stereocenters. The van der Waals surface area contributed by atoms with E-state index in [0.29, 0.717) is 0 Å². The van der Waals surface area contributed by atoms with Gasteiger partial charge in [-0.1, -0.05) is 18.2 Å². The molecule has 0 radical (unpaired) electrons. The minimum atomic E-state index is -0.242. The molecule has 1 heterocycles. The Morgan fingerprint density at radius 3 is 2.56 bits per heavy atom. The Hall–Kier alpha value is -2.10. The summed E-state index contributed by atoms with van der Waals surface area (Å²) in [5.74, 6) is 0.106. The first-order chi connectivity index (χ1) is 7.74. The molecule has 0 N–H and O–H groups in total. The van der Waals surface area contributed by atoms with Crippen molar-refractivity contribution in [3.63, 3.8) is 0 Å². The van der Waals surface area contributed by atoms with Crippen molar-refractivity contribution in [1.29, 1.82) is 0 Å². The van der Waals surface area contributed by atoms with Crippen LogP contribution in [0.2, 0.25) is 0 Å². The largest absolute Gasteiger partial charge is 0.477 e. The molecule has 82 valence electrons. The summed E-state index contributed by atoms with van der Waals surface area (Å²) in [6, 6.07) is 9.41. The maximum Gasteiger partial charge on any atom is 0.318 e. The van der Waals surface area contributed by atoms with Gasteiger partial charge in [0, 0.05) is 11.4 Å². The van der Waals surface area contributed by atoms with Crippen LogP contribution in [-0.2, 0) is 0 Å². The van der Waals surface area contributed by atoms with Crippen molar-refractivity contribution in [2.24, 2.45) is 0 Å². The fourth-order valence-electron chi connectivity index (χ4n) is 1.56. The number of hydrogen-bond acceptors (Lipinski definition) is 3. The van der Waals surface area contributed by atoms with Gasteiger partial charge < -0.3 is 4.74 Å². The standard InChI is InChI=1S/C12H12N2O2/c1-9-8-13-11(16-2)12(15)14(9)10-6-4-3-5-7-10/h3-8H,1-2H3. The van der Waals surface area contributed by atoms with Crippen LogP contribution in [0.3, 0.4) is 0 Å². The molecule has 4 heteroatoms. The zero-order chi connectivity index (χ0) is 11.5. The molecule has 0 saturated carbocycles. The molecule has 0 spiro atoms. The van der Waals surface area contributed by atoms with E-state index in [2.05, 4.69) is 4.98 Å². The highest BCUT2D eigenvalue weighted by Crippen LogP contribution is 2.08. The molecule has 1 aromatic heterocycles. The van der Waals surface area contributed by atoms with Gasteiger partial charge in [-0.15, -0.1) is 0 Å². The van der Waals surface area contributed by atoms with Crippen molar-refractivity contribution in [2.45, 2.75) is 6.92 Å². The maximum absolute atomic E-state index is 12.0. The quantitative estimate of drug-likeness (QED) is 0.765. The Morgan fingerprint density at radius 2 is 1.94 bits per heavy atom. The van der Waals surface area contributed by atoms with Gasteiger partial charge in [-0.2, -0.15) is 0 Å². The van der Waals surface area contributed by atoms with Gasteiger partial charge in [0.2, 0.25) is 0 Å². The minimum Gasteiger partial charge on any atom is -0.477 e. The molecule has 1 aromatic carbocycles. The van der Waals surface area contributed by atoms with E-state index < -0.39 is 0 Å². The summed E-state index contributed by atoms with van der Waals surface area (Å²) < 4.78 is 6.49. The molecule has 0 aliphatic heterocycles. The van der Waals surface area contributed by atoms with Crippen molar-refractivity contribution in [3.8, 4) is 11.6 Å². The molecule has 4 nitrogen and oxygen atoms in total. The second kappa shape index (κ2) is 4.18. The molecule has 0 amide bonds. The van der Waals surface area contributed by atoms with Crippen molar-refractivity contribution in [1.82, 2.24) is 9.55 Å². The third kappa shape index (κ3) is 1.69. The van der Waals surface area contributed by atoms with Crippen LogP contribution in [0.5, 0.6) is 5.88 Å². The number of aryl methyl sites for hydroxylation is 1. The number of rotatable bonds is 2. The number of para-hydroxylation sites is 1. The normalized spacial score (nSPS) is 10.1. The minimum absolute atomic E-state index is 0.106. The summed E-state index contributed by atoms with van der Waals surface area (Å²) in [4.78, 5) is 15.9. The summed E-state index contributed by atoms with van der Waals surface area (Å²) in [7, 11) is 1.44. The SMILES string of the molecule is COc1ncc(C)n(-c2ccccc2)c1=O. The van der Waals surface area contributed by atoms with Crippen LogP contribution in [0.4, 0.5) is 0 Å². The second-order valence-electron chi connectivity index (χ2n) is 3.38. The van der Waals surface area contributed by atoms with E-state index in [4.69, 9.17) is 4.74 Å². The van der Waals surface area contributed by atoms with Crippen LogP contribution < -0.4 is 10.3 Å². The first-order valence-electron chi connectivity index (χ1n) is 4.92. The van der Waals surface area contributed by atoms with Gasteiger partial charge in [-0.05, 0) is 19.1 Å². The maximum atomic E-state index is 12.0.